The van der Waals surface area contributed by atoms with Crippen molar-refractivity contribution in [2.24, 2.45) is 0 Å². The van der Waals surface area contributed by atoms with Gasteiger partial charge < -0.3 is 10.1 Å². The number of aryl methyl sites for hydroxylation is 1. The van der Waals surface area contributed by atoms with E-state index in [0.29, 0.717) is 10.8 Å². The summed E-state index contributed by atoms with van der Waals surface area (Å²) in [5.74, 6) is 0.446. The molecule has 1 aliphatic heterocycles. The van der Waals surface area contributed by atoms with Crippen LogP contribution in [0.3, 0.4) is 0 Å². The van der Waals surface area contributed by atoms with Gasteiger partial charge in [0, 0.05) is 25.7 Å². The van der Waals surface area contributed by atoms with Crippen molar-refractivity contribution in [1.82, 2.24) is 10.2 Å². The molecule has 1 fully saturated rings. The molecule has 2 aromatic rings. The normalized spacial score (nSPS) is 16.7. The van der Waals surface area contributed by atoms with E-state index in [-0.39, 0.29) is 11.9 Å². The third kappa shape index (κ3) is 5.72. The minimum absolute atomic E-state index is 0.0907. The molecule has 0 spiro atoms. The Balaban J connectivity index is 1.44. The van der Waals surface area contributed by atoms with Crippen LogP contribution in [0.15, 0.2) is 48.5 Å². The predicted octanol–water partition coefficient (Wildman–Crippen LogP) is 4.20. The summed E-state index contributed by atoms with van der Waals surface area (Å²) in [7, 11) is 0. The Morgan fingerprint density at radius 2 is 1.96 bits per heavy atom. The van der Waals surface area contributed by atoms with Crippen LogP contribution >= 0.6 is 11.6 Å². The maximum Gasteiger partial charge on any atom is 0.260 e. The number of nitrogens with one attached hydrogen (secondary N) is 1. The van der Waals surface area contributed by atoms with Crippen molar-refractivity contribution in [3.63, 3.8) is 0 Å². The molecular formula is C22H27ClN2O2. The van der Waals surface area contributed by atoms with Crippen molar-refractivity contribution >= 4 is 17.5 Å². The van der Waals surface area contributed by atoms with E-state index in [2.05, 4.69) is 41.4 Å². The number of likely N-dealkylation sites (tertiary alicyclic amines) is 1. The molecule has 1 heterocycles. The maximum absolute atomic E-state index is 12.4. The standard InChI is InChI=1S/C22H27ClN2O2/c1-16-6-5-7-18(14-16)15-25-12-10-19(11-13-25)24-22(26)17(2)27-21-9-4-3-8-20(21)23/h3-9,14,17,19H,10-13,15H2,1-2H3,(H,24,26). The fourth-order valence-corrected chi connectivity index (χ4v) is 3.59. The zero-order chi connectivity index (χ0) is 19.2. The lowest BCUT2D eigenvalue weighted by molar-refractivity contribution is -0.128. The summed E-state index contributed by atoms with van der Waals surface area (Å²) in [4.78, 5) is 14.9. The van der Waals surface area contributed by atoms with Crippen molar-refractivity contribution in [2.75, 3.05) is 13.1 Å². The van der Waals surface area contributed by atoms with Gasteiger partial charge in [0.25, 0.3) is 5.91 Å². The number of carbonyl (C=O) groups is 1. The molecule has 0 saturated carbocycles. The third-order valence-electron chi connectivity index (χ3n) is 4.93. The van der Waals surface area contributed by atoms with E-state index in [0.717, 1.165) is 32.5 Å². The highest BCUT2D eigenvalue weighted by molar-refractivity contribution is 6.32. The zero-order valence-electron chi connectivity index (χ0n) is 16.0. The highest BCUT2D eigenvalue weighted by atomic mass is 35.5. The lowest BCUT2D eigenvalue weighted by Crippen LogP contribution is -2.47. The van der Waals surface area contributed by atoms with Gasteiger partial charge in [0.05, 0.1) is 5.02 Å². The minimum Gasteiger partial charge on any atom is -0.479 e. The number of para-hydroxylation sites is 1. The van der Waals surface area contributed by atoms with Crippen molar-refractivity contribution in [3.05, 3.63) is 64.7 Å². The molecule has 1 saturated heterocycles. The van der Waals surface area contributed by atoms with E-state index in [9.17, 15) is 4.79 Å². The van der Waals surface area contributed by atoms with Gasteiger partial charge in [-0.15, -0.1) is 0 Å². The number of hydrogen-bond acceptors (Lipinski definition) is 3. The molecular weight excluding hydrogens is 360 g/mol. The van der Waals surface area contributed by atoms with Crippen LogP contribution in [0, 0.1) is 6.92 Å². The van der Waals surface area contributed by atoms with Gasteiger partial charge in [0.15, 0.2) is 6.10 Å². The number of rotatable bonds is 6. The number of carbonyl (C=O) groups excluding carboxylic acids is 1. The Kier molecular flexibility index (Phi) is 6.75. The Labute approximate surface area is 166 Å². The summed E-state index contributed by atoms with van der Waals surface area (Å²) < 4.78 is 5.71. The number of amides is 1. The van der Waals surface area contributed by atoms with Crippen LogP contribution in [0.4, 0.5) is 0 Å². The fourth-order valence-electron chi connectivity index (χ4n) is 3.41. The molecule has 1 atom stereocenters. The molecule has 0 bridgehead atoms. The first kappa shape index (κ1) is 19.7. The van der Waals surface area contributed by atoms with E-state index < -0.39 is 6.10 Å². The van der Waals surface area contributed by atoms with Crippen molar-refractivity contribution in [1.29, 1.82) is 0 Å². The third-order valence-corrected chi connectivity index (χ3v) is 5.24. The van der Waals surface area contributed by atoms with Crippen LogP contribution in [-0.2, 0) is 11.3 Å². The van der Waals surface area contributed by atoms with Crippen molar-refractivity contribution in [2.45, 2.75) is 45.4 Å². The van der Waals surface area contributed by atoms with E-state index in [1.54, 1.807) is 19.1 Å². The molecule has 0 aliphatic carbocycles. The Morgan fingerprint density at radius 3 is 2.67 bits per heavy atom. The smallest absolute Gasteiger partial charge is 0.260 e. The second kappa shape index (κ2) is 9.25. The van der Waals surface area contributed by atoms with Gasteiger partial charge in [0.1, 0.15) is 5.75 Å². The second-order valence-electron chi connectivity index (χ2n) is 7.24. The Bertz CT molecular complexity index is 772. The van der Waals surface area contributed by atoms with E-state index >= 15 is 0 Å². The van der Waals surface area contributed by atoms with Crippen LogP contribution in [-0.4, -0.2) is 36.0 Å². The summed E-state index contributed by atoms with van der Waals surface area (Å²) in [6.45, 7) is 6.81. The largest absolute Gasteiger partial charge is 0.479 e. The van der Waals surface area contributed by atoms with Gasteiger partial charge in [-0.3, -0.25) is 9.69 Å². The molecule has 5 heteroatoms. The van der Waals surface area contributed by atoms with Crippen LogP contribution in [0.2, 0.25) is 5.02 Å². The van der Waals surface area contributed by atoms with Gasteiger partial charge in [-0.1, -0.05) is 53.6 Å². The summed E-state index contributed by atoms with van der Waals surface area (Å²) >= 11 is 6.09. The second-order valence-corrected chi connectivity index (χ2v) is 7.65. The molecule has 0 aromatic heterocycles. The average molecular weight is 387 g/mol. The summed E-state index contributed by atoms with van der Waals surface area (Å²) in [6, 6.07) is 16.1. The lowest BCUT2D eigenvalue weighted by atomic mass is 10.0. The molecule has 1 amide bonds. The minimum atomic E-state index is -0.574. The first-order chi connectivity index (χ1) is 13.0. The quantitative estimate of drug-likeness (QED) is 0.809. The summed E-state index contributed by atoms with van der Waals surface area (Å²) in [5, 5.41) is 3.63. The molecule has 144 valence electrons. The molecule has 0 radical (unpaired) electrons. The Morgan fingerprint density at radius 1 is 1.22 bits per heavy atom. The predicted molar refractivity (Wildman–Crippen MR) is 109 cm³/mol. The number of halogens is 1. The lowest BCUT2D eigenvalue weighted by Gasteiger charge is -2.33. The molecule has 2 aromatic carbocycles. The highest BCUT2D eigenvalue weighted by Gasteiger charge is 2.24. The fraction of sp³-hybridized carbons (Fsp3) is 0.409. The van der Waals surface area contributed by atoms with Crippen LogP contribution in [0.25, 0.3) is 0 Å². The topological polar surface area (TPSA) is 41.6 Å². The van der Waals surface area contributed by atoms with Crippen LogP contribution in [0.1, 0.15) is 30.9 Å². The maximum atomic E-state index is 12.4. The summed E-state index contributed by atoms with van der Waals surface area (Å²) in [5.41, 5.74) is 2.64. The first-order valence-electron chi connectivity index (χ1n) is 9.51. The number of benzene rings is 2. The SMILES string of the molecule is Cc1cccc(CN2CCC(NC(=O)C(C)Oc3ccccc3Cl)CC2)c1. The monoisotopic (exact) mass is 386 g/mol. The Hall–Kier alpha value is -2.04. The van der Waals surface area contributed by atoms with Gasteiger partial charge in [-0.2, -0.15) is 0 Å². The van der Waals surface area contributed by atoms with Gasteiger partial charge in [-0.05, 0) is 44.4 Å². The molecule has 1 aliphatic rings. The van der Waals surface area contributed by atoms with Crippen LogP contribution in [0.5, 0.6) is 5.75 Å². The van der Waals surface area contributed by atoms with Crippen molar-refractivity contribution in [3.8, 4) is 5.75 Å². The number of hydrogen-bond donors (Lipinski definition) is 1. The van der Waals surface area contributed by atoms with E-state index in [4.69, 9.17) is 16.3 Å². The van der Waals surface area contributed by atoms with Gasteiger partial charge >= 0.3 is 0 Å². The van der Waals surface area contributed by atoms with Crippen LogP contribution < -0.4 is 10.1 Å². The molecule has 1 N–H and O–H groups in total. The molecule has 3 rings (SSSR count). The molecule has 1 unspecified atom stereocenters. The average Bonchev–Trinajstić information content (AvgIpc) is 2.65. The summed E-state index contributed by atoms with van der Waals surface area (Å²) in [6.07, 6.45) is 1.34. The van der Waals surface area contributed by atoms with E-state index in [1.807, 2.05) is 12.1 Å². The van der Waals surface area contributed by atoms with E-state index in [1.165, 1.54) is 11.1 Å². The van der Waals surface area contributed by atoms with Gasteiger partial charge in [-0.25, -0.2) is 0 Å². The number of nitrogens with zero attached hydrogens (tertiary/aromatic N) is 1. The number of piperidine rings is 1. The molecule has 27 heavy (non-hydrogen) atoms. The van der Waals surface area contributed by atoms with Crippen molar-refractivity contribution < 1.29 is 9.53 Å². The first-order valence-corrected chi connectivity index (χ1v) is 9.88. The number of ether oxygens (including phenoxy) is 1. The highest BCUT2D eigenvalue weighted by Crippen LogP contribution is 2.24. The molecule has 4 nitrogen and oxygen atoms in total. The zero-order valence-corrected chi connectivity index (χ0v) is 16.7. The van der Waals surface area contributed by atoms with Gasteiger partial charge in [0.2, 0.25) is 0 Å².